The summed E-state index contributed by atoms with van der Waals surface area (Å²) in [4.78, 5) is 10.8. The molecule has 0 aromatic heterocycles. The second kappa shape index (κ2) is 3.17. The van der Waals surface area contributed by atoms with Crippen LogP contribution in [0, 0.1) is 5.82 Å². The standard InChI is InChI=1S/C9H8FNO3/c10-5-2-1-3-6-8(5)14-7(4-13-6)9(11)12/h1-3,7H,4H2,(H2,11,12). The Morgan fingerprint density at radius 1 is 1.57 bits per heavy atom. The molecule has 0 radical (unpaired) electrons. The highest BCUT2D eigenvalue weighted by Crippen LogP contribution is 2.33. The minimum absolute atomic E-state index is 0.0196. The Morgan fingerprint density at radius 2 is 2.36 bits per heavy atom. The normalized spacial score (nSPS) is 19.1. The van der Waals surface area contributed by atoms with Gasteiger partial charge in [0.05, 0.1) is 0 Å². The van der Waals surface area contributed by atoms with Gasteiger partial charge in [-0.2, -0.15) is 0 Å². The number of nitrogens with two attached hydrogens (primary N) is 1. The molecular weight excluding hydrogens is 189 g/mol. The van der Waals surface area contributed by atoms with Crippen LogP contribution in [0.3, 0.4) is 0 Å². The second-order valence-corrected chi connectivity index (χ2v) is 2.89. The molecule has 0 saturated carbocycles. The summed E-state index contributed by atoms with van der Waals surface area (Å²) in [7, 11) is 0. The summed E-state index contributed by atoms with van der Waals surface area (Å²) in [5.41, 5.74) is 5.01. The Hall–Kier alpha value is -1.78. The summed E-state index contributed by atoms with van der Waals surface area (Å²) in [5, 5.41) is 0. The maximum Gasteiger partial charge on any atom is 0.262 e. The van der Waals surface area contributed by atoms with Crippen molar-refractivity contribution in [2.75, 3.05) is 6.61 Å². The fraction of sp³-hybridized carbons (Fsp3) is 0.222. The van der Waals surface area contributed by atoms with Crippen LogP contribution < -0.4 is 15.2 Å². The van der Waals surface area contributed by atoms with Gasteiger partial charge in [-0.15, -0.1) is 0 Å². The van der Waals surface area contributed by atoms with Crippen molar-refractivity contribution in [1.82, 2.24) is 0 Å². The van der Waals surface area contributed by atoms with Gasteiger partial charge in [-0.25, -0.2) is 4.39 Å². The third-order valence-corrected chi connectivity index (χ3v) is 1.90. The largest absolute Gasteiger partial charge is 0.485 e. The van der Waals surface area contributed by atoms with Crippen LogP contribution in [0.4, 0.5) is 4.39 Å². The van der Waals surface area contributed by atoms with Crippen molar-refractivity contribution >= 4 is 5.91 Å². The van der Waals surface area contributed by atoms with E-state index in [0.717, 1.165) is 0 Å². The lowest BCUT2D eigenvalue weighted by atomic mass is 10.2. The van der Waals surface area contributed by atoms with Gasteiger partial charge in [-0.05, 0) is 12.1 Å². The van der Waals surface area contributed by atoms with Crippen molar-refractivity contribution in [2.45, 2.75) is 6.10 Å². The zero-order valence-corrected chi connectivity index (χ0v) is 7.20. The van der Waals surface area contributed by atoms with Crippen molar-refractivity contribution in [3.63, 3.8) is 0 Å². The van der Waals surface area contributed by atoms with Crippen LogP contribution in [0.5, 0.6) is 11.5 Å². The number of carbonyl (C=O) groups excluding carboxylic acids is 1. The number of primary amides is 1. The van der Waals surface area contributed by atoms with Crippen LogP contribution >= 0.6 is 0 Å². The zero-order valence-electron chi connectivity index (χ0n) is 7.20. The van der Waals surface area contributed by atoms with Gasteiger partial charge >= 0.3 is 0 Å². The summed E-state index contributed by atoms with van der Waals surface area (Å²) < 4.78 is 23.3. The van der Waals surface area contributed by atoms with Crippen LogP contribution in [0.25, 0.3) is 0 Å². The molecule has 1 unspecified atom stereocenters. The predicted octanol–water partition coefficient (Wildman–Crippen LogP) is 0.451. The maximum atomic E-state index is 13.2. The second-order valence-electron chi connectivity index (χ2n) is 2.89. The van der Waals surface area contributed by atoms with Crippen molar-refractivity contribution in [1.29, 1.82) is 0 Å². The quantitative estimate of drug-likeness (QED) is 0.711. The molecule has 0 spiro atoms. The fourth-order valence-electron chi connectivity index (χ4n) is 1.20. The molecule has 2 rings (SSSR count). The average molecular weight is 197 g/mol. The molecule has 4 nitrogen and oxygen atoms in total. The maximum absolute atomic E-state index is 13.2. The van der Waals surface area contributed by atoms with Crippen LogP contribution in [0.2, 0.25) is 0 Å². The Bertz CT molecular complexity index is 380. The zero-order chi connectivity index (χ0) is 10.1. The van der Waals surface area contributed by atoms with E-state index in [-0.39, 0.29) is 12.4 Å². The Balaban J connectivity index is 2.33. The summed E-state index contributed by atoms with van der Waals surface area (Å²) >= 11 is 0. The van der Waals surface area contributed by atoms with Crippen LogP contribution in [-0.2, 0) is 4.79 Å². The van der Waals surface area contributed by atoms with Crippen molar-refractivity contribution in [3.8, 4) is 11.5 Å². The number of hydrogen-bond donors (Lipinski definition) is 1. The first-order chi connectivity index (χ1) is 6.68. The average Bonchev–Trinajstić information content (AvgIpc) is 2.18. The first-order valence-electron chi connectivity index (χ1n) is 4.06. The third kappa shape index (κ3) is 1.37. The van der Waals surface area contributed by atoms with E-state index >= 15 is 0 Å². The van der Waals surface area contributed by atoms with Crippen LogP contribution in [0.15, 0.2) is 18.2 Å². The van der Waals surface area contributed by atoms with Gasteiger partial charge in [0.15, 0.2) is 17.3 Å². The lowest BCUT2D eigenvalue weighted by molar-refractivity contribution is -0.127. The summed E-state index contributed by atoms with van der Waals surface area (Å²) in [6.07, 6.45) is -0.917. The first-order valence-corrected chi connectivity index (χ1v) is 4.06. The molecule has 14 heavy (non-hydrogen) atoms. The predicted molar refractivity (Wildman–Crippen MR) is 45.5 cm³/mol. The Morgan fingerprint density at radius 3 is 3.07 bits per heavy atom. The molecule has 1 aromatic rings. The summed E-state index contributed by atoms with van der Waals surface area (Å²) in [6, 6.07) is 4.29. The van der Waals surface area contributed by atoms with E-state index in [1.165, 1.54) is 12.1 Å². The highest BCUT2D eigenvalue weighted by molar-refractivity contribution is 5.79. The van der Waals surface area contributed by atoms with Gasteiger partial charge in [0.1, 0.15) is 6.61 Å². The number of rotatable bonds is 1. The van der Waals surface area contributed by atoms with E-state index in [9.17, 15) is 9.18 Å². The SMILES string of the molecule is NC(=O)C1COc2cccc(F)c2O1. The molecule has 2 N–H and O–H groups in total. The van der Waals surface area contributed by atoms with Gasteiger partial charge in [0.25, 0.3) is 5.91 Å². The molecule has 0 bridgehead atoms. The monoisotopic (exact) mass is 197 g/mol. The van der Waals surface area contributed by atoms with Crippen molar-refractivity contribution < 1.29 is 18.7 Å². The molecule has 1 heterocycles. The molecular formula is C9H8FNO3. The van der Waals surface area contributed by atoms with E-state index in [4.69, 9.17) is 15.2 Å². The molecule has 5 heteroatoms. The molecule has 0 aliphatic carbocycles. The van der Waals surface area contributed by atoms with Crippen molar-refractivity contribution in [2.24, 2.45) is 5.73 Å². The Labute approximate surface area is 79.4 Å². The fourth-order valence-corrected chi connectivity index (χ4v) is 1.20. The van der Waals surface area contributed by atoms with Gasteiger partial charge < -0.3 is 15.2 Å². The Kier molecular flexibility index (Phi) is 1.99. The molecule has 0 saturated heterocycles. The summed E-state index contributed by atoms with van der Waals surface area (Å²) in [6.45, 7) is 0.0196. The van der Waals surface area contributed by atoms with Gasteiger partial charge in [0.2, 0.25) is 6.10 Å². The number of benzene rings is 1. The van der Waals surface area contributed by atoms with E-state index in [0.29, 0.717) is 5.75 Å². The number of halogens is 1. The third-order valence-electron chi connectivity index (χ3n) is 1.90. The molecule has 1 aliphatic rings. The highest BCUT2D eigenvalue weighted by Gasteiger charge is 2.27. The van der Waals surface area contributed by atoms with Gasteiger partial charge in [-0.3, -0.25) is 4.79 Å². The topological polar surface area (TPSA) is 61.6 Å². The molecule has 74 valence electrons. The van der Waals surface area contributed by atoms with Gasteiger partial charge in [-0.1, -0.05) is 6.07 Å². The number of amides is 1. The molecule has 1 aliphatic heterocycles. The highest BCUT2D eigenvalue weighted by atomic mass is 19.1. The molecule has 1 aromatic carbocycles. The van der Waals surface area contributed by atoms with E-state index in [2.05, 4.69) is 0 Å². The number of hydrogen-bond acceptors (Lipinski definition) is 3. The smallest absolute Gasteiger partial charge is 0.262 e. The summed E-state index contributed by atoms with van der Waals surface area (Å²) in [5.74, 6) is -0.989. The van der Waals surface area contributed by atoms with Gasteiger partial charge in [0, 0.05) is 0 Å². The van der Waals surface area contributed by atoms with E-state index in [1.54, 1.807) is 6.07 Å². The molecule has 0 fully saturated rings. The number of ether oxygens (including phenoxy) is 2. The minimum atomic E-state index is -0.917. The number of para-hydroxylation sites is 1. The number of fused-ring (bicyclic) bond motifs is 1. The lowest BCUT2D eigenvalue weighted by Crippen LogP contribution is -2.41. The van der Waals surface area contributed by atoms with Crippen molar-refractivity contribution in [3.05, 3.63) is 24.0 Å². The minimum Gasteiger partial charge on any atom is -0.485 e. The number of carbonyl (C=O) groups is 1. The first kappa shape index (κ1) is 8.80. The van der Waals surface area contributed by atoms with Crippen LogP contribution in [-0.4, -0.2) is 18.6 Å². The van der Waals surface area contributed by atoms with E-state index in [1.807, 2.05) is 0 Å². The van der Waals surface area contributed by atoms with E-state index < -0.39 is 17.8 Å². The molecule has 1 amide bonds. The lowest BCUT2D eigenvalue weighted by Gasteiger charge is -2.24. The molecule has 1 atom stereocenters. The van der Waals surface area contributed by atoms with Crippen LogP contribution in [0.1, 0.15) is 0 Å².